The number of piperidine rings is 1. The second-order valence-electron chi connectivity index (χ2n) is 5.33. The van der Waals surface area contributed by atoms with E-state index in [0.717, 1.165) is 31.7 Å². The minimum absolute atomic E-state index is 0.127. The first-order valence-electron chi connectivity index (χ1n) is 6.76. The molecule has 0 amide bonds. The Kier molecular flexibility index (Phi) is 4.12. The maximum atomic E-state index is 9.54. The molecule has 3 heteroatoms. The molecule has 0 radical (unpaired) electrons. The third-order valence-corrected chi connectivity index (χ3v) is 3.36. The van der Waals surface area contributed by atoms with E-state index < -0.39 is 0 Å². The van der Waals surface area contributed by atoms with Gasteiger partial charge in [-0.25, -0.2) is 0 Å². The number of benzene rings is 1. The molecular formula is C15H23NO2. The Morgan fingerprint density at radius 1 is 1.28 bits per heavy atom. The average Bonchev–Trinajstić information content (AvgIpc) is 2.32. The lowest BCUT2D eigenvalue weighted by molar-refractivity contribution is 0.145. The number of ether oxygens (including phenoxy) is 1. The van der Waals surface area contributed by atoms with Crippen molar-refractivity contribution in [2.45, 2.75) is 45.8 Å². The summed E-state index contributed by atoms with van der Waals surface area (Å²) in [6.07, 6.45) is 1.78. The van der Waals surface area contributed by atoms with Crippen LogP contribution in [0.1, 0.15) is 32.3 Å². The third kappa shape index (κ3) is 3.16. The summed E-state index contributed by atoms with van der Waals surface area (Å²) in [5.74, 6) is 0.966. The Hall–Kier alpha value is -1.22. The van der Waals surface area contributed by atoms with Gasteiger partial charge < -0.3 is 14.7 Å². The van der Waals surface area contributed by atoms with Gasteiger partial charge >= 0.3 is 0 Å². The van der Waals surface area contributed by atoms with Gasteiger partial charge in [0.05, 0.1) is 12.2 Å². The normalized spacial score (nSPS) is 17.3. The van der Waals surface area contributed by atoms with Crippen LogP contribution < -0.4 is 9.64 Å². The first-order chi connectivity index (χ1) is 8.56. The number of hydrogen-bond donors (Lipinski definition) is 1. The topological polar surface area (TPSA) is 32.7 Å². The summed E-state index contributed by atoms with van der Waals surface area (Å²) >= 11 is 0. The summed E-state index contributed by atoms with van der Waals surface area (Å²) in [5, 5.41) is 9.54. The Morgan fingerprint density at radius 2 is 1.94 bits per heavy atom. The van der Waals surface area contributed by atoms with E-state index in [2.05, 4.69) is 30.0 Å². The van der Waals surface area contributed by atoms with Gasteiger partial charge in [-0.2, -0.15) is 0 Å². The Morgan fingerprint density at radius 3 is 2.56 bits per heavy atom. The fourth-order valence-corrected chi connectivity index (χ4v) is 2.29. The van der Waals surface area contributed by atoms with Crippen LogP contribution in [0.3, 0.4) is 0 Å². The van der Waals surface area contributed by atoms with Crippen molar-refractivity contribution in [2.24, 2.45) is 0 Å². The quantitative estimate of drug-likeness (QED) is 0.894. The van der Waals surface area contributed by atoms with Crippen LogP contribution in [0.5, 0.6) is 5.75 Å². The second kappa shape index (κ2) is 5.61. The largest absolute Gasteiger partial charge is 0.491 e. The summed E-state index contributed by atoms with van der Waals surface area (Å²) in [6.45, 7) is 8.00. The number of aliphatic hydroxyl groups is 1. The molecule has 1 heterocycles. The van der Waals surface area contributed by atoms with Gasteiger partial charge in [0.1, 0.15) is 5.75 Å². The van der Waals surface area contributed by atoms with Crippen LogP contribution >= 0.6 is 0 Å². The number of hydrogen-bond acceptors (Lipinski definition) is 3. The molecule has 0 aliphatic carbocycles. The van der Waals surface area contributed by atoms with Crippen LogP contribution in [0.25, 0.3) is 0 Å². The highest BCUT2D eigenvalue weighted by atomic mass is 16.5. The fraction of sp³-hybridized carbons (Fsp3) is 0.600. The van der Waals surface area contributed by atoms with Crippen LogP contribution in [0.15, 0.2) is 18.2 Å². The molecule has 1 saturated heterocycles. The molecule has 1 aromatic carbocycles. The minimum Gasteiger partial charge on any atom is -0.491 e. The van der Waals surface area contributed by atoms with Crippen molar-refractivity contribution in [3.8, 4) is 5.75 Å². The first kappa shape index (κ1) is 13.2. The summed E-state index contributed by atoms with van der Waals surface area (Å²) in [4.78, 5) is 2.32. The first-order valence-corrected chi connectivity index (χ1v) is 6.76. The van der Waals surface area contributed by atoms with Crippen molar-refractivity contribution >= 4 is 5.69 Å². The molecule has 0 aromatic heterocycles. The van der Waals surface area contributed by atoms with Crippen LogP contribution in [0.4, 0.5) is 5.69 Å². The molecule has 1 fully saturated rings. The van der Waals surface area contributed by atoms with Gasteiger partial charge in [-0.15, -0.1) is 0 Å². The Balaban J connectivity index is 2.13. The molecule has 0 bridgehead atoms. The van der Waals surface area contributed by atoms with E-state index >= 15 is 0 Å². The van der Waals surface area contributed by atoms with Gasteiger partial charge in [-0.3, -0.25) is 0 Å². The van der Waals surface area contributed by atoms with Crippen molar-refractivity contribution in [2.75, 3.05) is 18.0 Å². The van der Waals surface area contributed by atoms with E-state index in [4.69, 9.17) is 4.74 Å². The molecule has 0 spiro atoms. The van der Waals surface area contributed by atoms with E-state index in [-0.39, 0.29) is 12.2 Å². The summed E-state index contributed by atoms with van der Waals surface area (Å²) in [7, 11) is 0. The molecule has 0 unspecified atom stereocenters. The zero-order chi connectivity index (χ0) is 13.1. The lowest BCUT2D eigenvalue weighted by Crippen LogP contribution is -2.35. The second-order valence-corrected chi connectivity index (χ2v) is 5.33. The predicted octanol–water partition coefficient (Wildman–Crippen LogP) is 2.74. The van der Waals surface area contributed by atoms with Crippen molar-refractivity contribution in [3.05, 3.63) is 23.8 Å². The highest BCUT2D eigenvalue weighted by Gasteiger charge is 2.18. The van der Waals surface area contributed by atoms with E-state index in [1.54, 1.807) is 0 Å². The Labute approximate surface area is 109 Å². The number of anilines is 1. The molecule has 1 aliphatic heterocycles. The van der Waals surface area contributed by atoms with Gasteiger partial charge in [-0.1, -0.05) is 6.07 Å². The van der Waals surface area contributed by atoms with E-state index in [9.17, 15) is 5.11 Å². The predicted molar refractivity (Wildman–Crippen MR) is 74.4 cm³/mol. The van der Waals surface area contributed by atoms with Crippen LogP contribution in [0, 0.1) is 6.92 Å². The summed E-state index contributed by atoms with van der Waals surface area (Å²) in [5.41, 5.74) is 2.37. The standard InChI is InChI=1S/C15H23NO2/c1-11(2)18-15-10-13(5-4-12(15)3)16-8-6-14(17)7-9-16/h4-5,10-11,14,17H,6-9H2,1-3H3. The lowest BCUT2D eigenvalue weighted by Gasteiger charge is -2.32. The van der Waals surface area contributed by atoms with Gasteiger partial charge in [0, 0.05) is 24.8 Å². The smallest absolute Gasteiger partial charge is 0.124 e. The maximum absolute atomic E-state index is 9.54. The molecule has 0 saturated carbocycles. The van der Waals surface area contributed by atoms with Crippen molar-refractivity contribution in [1.29, 1.82) is 0 Å². The fourth-order valence-electron chi connectivity index (χ4n) is 2.29. The van der Waals surface area contributed by atoms with Crippen molar-refractivity contribution in [1.82, 2.24) is 0 Å². The summed E-state index contributed by atoms with van der Waals surface area (Å²) < 4.78 is 5.82. The van der Waals surface area contributed by atoms with Crippen LogP contribution in [0.2, 0.25) is 0 Å². The zero-order valence-electron chi connectivity index (χ0n) is 11.5. The highest BCUT2D eigenvalue weighted by Crippen LogP contribution is 2.28. The summed E-state index contributed by atoms with van der Waals surface area (Å²) in [6, 6.07) is 6.37. The number of rotatable bonds is 3. The van der Waals surface area contributed by atoms with E-state index in [0.29, 0.717) is 0 Å². The lowest BCUT2D eigenvalue weighted by atomic mass is 10.1. The van der Waals surface area contributed by atoms with Gasteiger partial charge in [0.15, 0.2) is 0 Å². The number of aryl methyl sites for hydroxylation is 1. The zero-order valence-corrected chi connectivity index (χ0v) is 11.5. The Bertz CT molecular complexity index is 395. The van der Waals surface area contributed by atoms with E-state index in [1.807, 2.05) is 13.8 Å². The molecule has 18 heavy (non-hydrogen) atoms. The van der Waals surface area contributed by atoms with Crippen molar-refractivity contribution < 1.29 is 9.84 Å². The van der Waals surface area contributed by atoms with Crippen molar-refractivity contribution in [3.63, 3.8) is 0 Å². The molecule has 100 valence electrons. The highest BCUT2D eigenvalue weighted by molar-refractivity contribution is 5.53. The number of aliphatic hydroxyl groups excluding tert-OH is 1. The van der Waals surface area contributed by atoms with Gasteiger partial charge in [0.25, 0.3) is 0 Å². The van der Waals surface area contributed by atoms with Crippen LogP contribution in [-0.4, -0.2) is 30.4 Å². The average molecular weight is 249 g/mol. The maximum Gasteiger partial charge on any atom is 0.124 e. The molecule has 2 rings (SSSR count). The molecular weight excluding hydrogens is 226 g/mol. The SMILES string of the molecule is Cc1ccc(N2CCC(O)CC2)cc1OC(C)C. The molecule has 1 N–H and O–H groups in total. The van der Waals surface area contributed by atoms with Crippen LogP contribution in [-0.2, 0) is 0 Å². The molecule has 1 aromatic rings. The van der Waals surface area contributed by atoms with E-state index in [1.165, 1.54) is 11.3 Å². The minimum atomic E-state index is -0.127. The monoisotopic (exact) mass is 249 g/mol. The van der Waals surface area contributed by atoms with Gasteiger partial charge in [0.2, 0.25) is 0 Å². The molecule has 0 atom stereocenters. The van der Waals surface area contributed by atoms with Gasteiger partial charge in [-0.05, 0) is 45.2 Å². The molecule has 1 aliphatic rings. The third-order valence-electron chi connectivity index (χ3n) is 3.36. The number of nitrogens with zero attached hydrogens (tertiary/aromatic N) is 1. The molecule has 3 nitrogen and oxygen atoms in total.